The Labute approximate surface area is 128 Å². The first-order chi connectivity index (χ1) is 9.97. The van der Waals surface area contributed by atoms with Gasteiger partial charge in [-0.2, -0.15) is 5.10 Å². The van der Waals surface area contributed by atoms with E-state index in [2.05, 4.69) is 5.10 Å². The molecule has 0 aliphatic carbocycles. The average Bonchev–Trinajstić information content (AvgIpc) is 2.94. The molecule has 1 amide bonds. The molecule has 1 heterocycles. The van der Waals surface area contributed by atoms with E-state index in [-0.39, 0.29) is 5.91 Å². The maximum absolute atomic E-state index is 12.2. The van der Waals surface area contributed by atoms with Crippen LogP contribution in [0.25, 0.3) is 5.69 Å². The average molecular weight is 308 g/mol. The van der Waals surface area contributed by atoms with Crippen molar-refractivity contribution in [2.45, 2.75) is 19.4 Å². The fourth-order valence-electron chi connectivity index (χ4n) is 1.87. The van der Waals surface area contributed by atoms with Crippen molar-refractivity contribution in [2.75, 3.05) is 13.6 Å². The molecule has 0 aliphatic rings. The van der Waals surface area contributed by atoms with Crippen LogP contribution in [0.4, 0.5) is 0 Å². The summed E-state index contributed by atoms with van der Waals surface area (Å²) in [5.41, 5.74) is 1.35. The Balaban J connectivity index is 2.08. The fraction of sp³-hybridized carbons (Fsp3) is 0.333. The topological polar surface area (TPSA) is 58.4 Å². The molecule has 1 atom stereocenters. The largest absolute Gasteiger partial charge is 0.393 e. The van der Waals surface area contributed by atoms with E-state index in [1.807, 2.05) is 12.1 Å². The van der Waals surface area contributed by atoms with E-state index in [9.17, 15) is 9.90 Å². The Bertz CT molecular complexity index is 608. The van der Waals surface area contributed by atoms with Crippen molar-refractivity contribution in [1.82, 2.24) is 14.7 Å². The molecule has 6 heteroatoms. The first-order valence-electron chi connectivity index (χ1n) is 6.71. The van der Waals surface area contributed by atoms with Crippen LogP contribution in [0.5, 0.6) is 0 Å². The third-order valence-corrected chi connectivity index (χ3v) is 3.40. The number of aliphatic hydroxyl groups excluding tert-OH is 1. The molecule has 1 aromatic heterocycles. The molecule has 21 heavy (non-hydrogen) atoms. The molecular weight excluding hydrogens is 290 g/mol. The van der Waals surface area contributed by atoms with Crippen LogP contribution in [-0.4, -0.2) is 45.4 Å². The van der Waals surface area contributed by atoms with E-state index in [4.69, 9.17) is 11.6 Å². The van der Waals surface area contributed by atoms with Crippen molar-refractivity contribution in [3.63, 3.8) is 0 Å². The van der Waals surface area contributed by atoms with E-state index in [0.29, 0.717) is 23.6 Å². The highest BCUT2D eigenvalue weighted by molar-refractivity contribution is 6.30. The number of amides is 1. The van der Waals surface area contributed by atoms with Crippen LogP contribution >= 0.6 is 11.6 Å². The monoisotopic (exact) mass is 307 g/mol. The Kier molecular flexibility index (Phi) is 4.98. The standard InChI is InChI=1S/C15H18ClN3O2/c1-11(20)7-8-18(2)15(21)12-9-17-19(10-12)14-5-3-13(16)4-6-14/h3-6,9-11,20H,7-8H2,1-2H3. The molecule has 1 aromatic carbocycles. The van der Waals surface area contributed by atoms with Crippen molar-refractivity contribution >= 4 is 17.5 Å². The van der Waals surface area contributed by atoms with Gasteiger partial charge in [0.2, 0.25) is 0 Å². The first-order valence-corrected chi connectivity index (χ1v) is 7.09. The predicted octanol–water partition coefficient (Wildman–Crippen LogP) is 2.37. The second-order valence-electron chi connectivity index (χ2n) is 5.01. The van der Waals surface area contributed by atoms with E-state index in [1.165, 1.54) is 6.20 Å². The molecule has 2 rings (SSSR count). The van der Waals surface area contributed by atoms with Crippen molar-refractivity contribution in [2.24, 2.45) is 0 Å². The number of halogens is 1. The minimum Gasteiger partial charge on any atom is -0.393 e. The lowest BCUT2D eigenvalue weighted by molar-refractivity contribution is 0.0769. The number of carbonyl (C=O) groups is 1. The number of hydrogen-bond donors (Lipinski definition) is 1. The van der Waals surface area contributed by atoms with Crippen molar-refractivity contribution in [3.05, 3.63) is 47.2 Å². The van der Waals surface area contributed by atoms with E-state index in [1.54, 1.807) is 41.9 Å². The zero-order chi connectivity index (χ0) is 15.4. The number of benzene rings is 1. The van der Waals surface area contributed by atoms with Crippen LogP contribution in [0.15, 0.2) is 36.7 Å². The molecular formula is C15H18ClN3O2. The lowest BCUT2D eigenvalue weighted by atomic mass is 10.2. The summed E-state index contributed by atoms with van der Waals surface area (Å²) in [5, 5.41) is 14.1. The van der Waals surface area contributed by atoms with Gasteiger partial charge in [-0.1, -0.05) is 11.6 Å². The summed E-state index contributed by atoms with van der Waals surface area (Å²) < 4.78 is 1.63. The molecule has 0 saturated heterocycles. The van der Waals surface area contributed by atoms with E-state index in [0.717, 1.165) is 5.69 Å². The molecule has 0 spiro atoms. The summed E-state index contributed by atoms with van der Waals surface area (Å²) in [6, 6.07) is 7.21. The van der Waals surface area contributed by atoms with Crippen LogP contribution in [0.2, 0.25) is 5.02 Å². The summed E-state index contributed by atoms with van der Waals surface area (Å²) in [5.74, 6) is -0.115. The first kappa shape index (κ1) is 15.5. The zero-order valence-corrected chi connectivity index (χ0v) is 12.8. The molecule has 0 fully saturated rings. The number of carbonyl (C=O) groups excluding carboxylic acids is 1. The molecule has 0 aliphatic heterocycles. The summed E-state index contributed by atoms with van der Waals surface area (Å²) >= 11 is 5.85. The van der Waals surface area contributed by atoms with Gasteiger partial charge in [-0.25, -0.2) is 4.68 Å². The highest BCUT2D eigenvalue weighted by Crippen LogP contribution is 2.14. The molecule has 0 radical (unpaired) electrons. The van der Waals surface area contributed by atoms with Gasteiger partial charge in [0, 0.05) is 24.8 Å². The normalized spacial score (nSPS) is 12.2. The Morgan fingerprint density at radius 2 is 2.10 bits per heavy atom. The lowest BCUT2D eigenvalue weighted by Crippen LogP contribution is -2.29. The third-order valence-electron chi connectivity index (χ3n) is 3.15. The summed E-state index contributed by atoms with van der Waals surface area (Å²) in [6.07, 6.45) is 3.35. The molecule has 2 aromatic rings. The van der Waals surface area contributed by atoms with Gasteiger partial charge in [-0.15, -0.1) is 0 Å². The van der Waals surface area contributed by atoms with Crippen molar-refractivity contribution in [1.29, 1.82) is 0 Å². The number of hydrogen-bond acceptors (Lipinski definition) is 3. The highest BCUT2D eigenvalue weighted by Gasteiger charge is 2.14. The van der Waals surface area contributed by atoms with Crippen LogP contribution in [-0.2, 0) is 0 Å². The molecule has 1 unspecified atom stereocenters. The second-order valence-corrected chi connectivity index (χ2v) is 5.45. The second kappa shape index (κ2) is 6.74. The maximum atomic E-state index is 12.2. The molecule has 5 nitrogen and oxygen atoms in total. The Hall–Kier alpha value is -1.85. The number of aromatic nitrogens is 2. The summed E-state index contributed by atoms with van der Waals surface area (Å²) in [7, 11) is 1.71. The fourth-order valence-corrected chi connectivity index (χ4v) is 2.00. The molecule has 0 bridgehead atoms. The predicted molar refractivity (Wildman–Crippen MR) is 81.8 cm³/mol. The van der Waals surface area contributed by atoms with Crippen LogP contribution in [0.1, 0.15) is 23.7 Å². The van der Waals surface area contributed by atoms with Gasteiger partial charge in [0.15, 0.2) is 0 Å². The van der Waals surface area contributed by atoms with Gasteiger partial charge < -0.3 is 10.0 Å². The van der Waals surface area contributed by atoms with E-state index < -0.39 is 6.10 Å². The minimum absolute atomic E-state index is 0.115. The summed E-state index contributed by atoms with van der Waals surface area (Å²) in [6.45, 7) is 2.21. The van der Waals surface area contributed by atoms with Crippen LogP contribution in [0.3, 0.4) is 0 Å². The smallest absolute Gasteiger partial charge is 0.256 e. The van der Waals surface area contributed by atoms with Gasteiger partial charge in [0.1, 0.15) is 0 Å². The van der Waals surface area contributed by atoms with Crippen molar-refractivity contribution < 1.29 is 9.90 Å². The lowest BCUT2D eigenvalue weighted by Gasteiger charge is -2.16. The quantitative estimate of drug-likeness (QED) is 0.922. The molecule has 1 N–H and O–H groups in total. The highest BCUT2D eigenvalue weighted by atomic mass is 35.5. The molecule has 112 valence electrons. The van der Waals surface area contributed by atoms with Gasteiger partial charge in [-0.3, -0.25) is 4.79 Å². The van der Waals surface area contributed by atoms with Crippen molar-refractivity contribution in [3.8, 4) is 5.69 Å². The number of nitrogens with zero attached hydrogens (tertiary/aromatic N) is 3. The van der Waals surface area contributed by atoms with Gasteiger partial charge >= 0.3 is 0 Å². The van der Waals surface area contributed by atoms with Gasteiger partial charge in [0.05, 0.1) is 23.6 Å². The van der Waals surface area contributed by atoms with E-state index >= 15 is 0 Å². The molecule has 0 saturated carbocycles. The number of aliphatic hydroxyl groups is 1. The SMILES string of the molecule is CC(O)CCN(C)C(=O)c1cnn(-c2ccc(Cl)cc2)c1. The minimum atomic E-state index is -0.419. The maximum Gasteiger partial charge on any atom is 0.256 e. The van der Waals surface area contributed by atoms with Crippen LogP contribution < -0.4 is 0 Å². The van der Waals surface area contributed by atoms with Gasteiger partial charge in [-0.05, 0) is 37.6 Å². The van der Waals surface area contributed by atoms with Crippen LogP contribution in [0, 0.1) is 0 Å². The third kappa shape index (κ3) is 4.06. The Morgan fingerprint density at radius 3 is 2.71 bits per heavy atom. The van der Waals surface area contributed by atoms with Gasteiger partial charge in [0.25, 0.3) is 5.91 Å². The number of rotatable bonds is 5. The summed E-state index contributed by atoms with van der Waals surface area (Å²) in [4.78, 5) is 13.8. The Morgan fingerprint density at radius 1 is 1.43 bits per heavy atom. The zero-order valence-electron chi connectivity index (χ0n) is 12.0.